The minimum Gasteiger partial charge on any atom is -0.393 e. The number of nitrogens with two attached hydrogens (primary N) is 1. The SMILES string of the molecule is CCCCCC(O)C(CN)CCC. The van der Waals surface area contributed by atoms with Gasteiger partial charge in [0.25, 0.3) is 0 Å². The van der Waals surface area contributed by atoms with Crippen LogP contribution in [0.3, 0.4) is 0 Å². The van der Waals surface area contributed by atoms with Crippen LogP contribution in [0.15, 0.2) is 0 Å². The molecule has 0 aromatic carbocycles. The Kier molecular flexibility index (Phi) is 8.46. The summed E-state index contributed by atoms with van der Waals surface area (Å²) in [5.41, 5.74) is 5.60. The fraction of sp³-hybridized carbons (Fsp3) is 1.00. The highest BCUT2D eigenvalue weighted by atomic mass is 16.3. The molecule has 0 heterocycles. The molecule has 0 bridgehead atoms. The van der Waals surface area contributed by atoms with Gasteiger partial charge in [0.05, 0.1) is 6.10 Å². The van der Waals surface area contributed by atoms with Crippen LogP contribution in [0.5, 0.6) is 0 Å². The molecule has 2 nitrogen and oxygen atoms in total. The lowest BCUT2D eigenvalue weighted by Gasteiger charge is -2.20. The van der Waals surface area contributed by atoms with Crippen molar-refractivity contribution in [2.24, 2.45) is 11.7 Å². The molecule has 0 rings (SSSR count). The Morgan fingerprint density at radius 2 is 1.77 bits per heavy atom. The Bertz CT molecular complexity index is 106. The summed E-state index contributed by atoms with van der Waals surface area (Å²) in [4.78, 5) is 0. The van der Waals surface area contributed by atoms with Gasteiger partial charge in [0.1, 0.15) is 0 Å². The van der Waals surface area contributed by atoms with Gasteiger partial charge in [0.2, 0.25) is 0 Å². The average Bonchev–Trinajstić information content (AvgIpc) is 2.14. The van der Waals surface area contributed by atoms with E-state index in [0.29, 0.717) is 12.5 Å². The molecule has 0 amide bonds. The van der Waals surface area contributed by atoms with Crippen molar-refractivity contribution >= 4 is 0 Å². The number of unbranched alkanes of at least 4 members (excludes halogenated alkanes) is 2. The van der Waals surface area contributed by atoms with Crippen LogP contribution in [-0.4, -0.2) is 17.8 Å². The predicted molar refractivity (Wildman–Crippen MR) is 57.6 cm³/mol. The fourth-order valence-electron chi connectivity index (χ4n) is 1.68. The van der Waals surface area contributed by atoms with E-state index in [1.807, 2.05) is 0 Å². The first-order valence-corrected chi connectivity index (χ1v) is 5.64. The van der Waals surface area contributed by atoms with Crippen LogP contribution >= 0.6 is 0 Å². The maximum Gasteiger partial charge on any atom is 0.0580 e. The van der Waals surface area contributed by atoms with Crippen molar-refractivity contribution < 1.29 is 5.11 Å². The monoisotopic (exact) mass is 187 g/mol. The first-order valence-electron chi connectivity index (χ1n) is 5.64. The summed E-state index contributed by atoms with van der Waals surface area (Å²) in [5.74, 6) is 0.321. The summed E-state index contributed by atoms with van der Waals surface area (Å²) >= 11 is 0. The highest BCUT2D eigenvalue weighted by molar-refractivity contribution is 4.69. The molecule has 0 aromatic heterocycles. The molecule has 2 unspecified atom stereocenters. The molecule has 13 heavy (non-hydrogen) atoms. The van der Waals surface area contributed by atoms with E-state index in [0.717, 1.165) is 25.7 Å². The molecule has 3 N–H and O–H groups in total. The molecule has 0 aliphatic heterocycles. The van der Waals surface area contributed by atoms with Gasteiger partial charge in [0.15, 0.2) is 0 Å². The smallest absolute Gasteiger partial charge is 0.0580 e. The molecular weight excluding hydrogens is 162 g/mol. The maximum absolute atomic E-state index is 9.79. The first kappa shape index (κ1) is 12.9. The third-order valence-corrected chi connectivity index (χ3v) is 2.61. The molecule has 0 aliphatic carbocycles. The van der Waals surface area contributed by atoms with Gasteiger partial charge in [0, 0.05) is 0 Å². The minimum atomic E-state index is -0.170. The Morgan fingerprint density at radius 3 is 2.23 bits per heavy atom. The first-order chi connectivity index (χ1) is 6.26. The molecule has 0 saturated heterocycles. The van der Waals surface area contributed by atoms with Crippen molar-refractivity contribution in [3.63, 3.8) is 0 Å². The number of hydrogen-bond acceptors (Lipinski definition) is 2. The zero-order valence-electron chi connectivity index (χ0n) is 9.13. The molecule has 0 fully saturated rings. The van der Waals surface area contributed by atoms with Gasteiger partial charge in [-0.1, -0.05) is 39.5 Å². The van der Waals surface area contributed by atoms with Gasteiger partial charge < -0.3 is 10.8 Å². The quantitative estimate of drug-likeness (QED) is 0.573. The summed E-state index contributed by atoms with van der Waals surface area (Å²) in [6.45, 7) is 4.95. The molecule has 0 aromatic rings. The third kappa shape index (κ3) is 6.05. The largest absolute Gasteiger partial charge is 0.393 e. The van der Waals surface area contributed by atoms with E-state index >= 15 is 0 Å². The number of rotatable bonds is 8. The summed E-state index contributed by atoms with van der Waals surface area (Å²) in [6, 6.07) is 0. The van der Waals surface area contributed by atoms with Crippen LogP contribution in [-0.2, 0) is 0 Å². The highest BCUT2D eigenvalue weighted by Gasteiger charge is 2.15. The number of aliphatic hydroxyl groups is 1. The van der Waals surface area contributed by atoms with Gasteiger partial charge in [-0.05, 0) is 25.3 Å². The zero-order valence-corrected chi connectivity index (χ0v) is 9.13. The summed E-state index contributed by atoms with van der Waals surface area (Å²) < 4.78 is 0. The normalized spacial score (nSPS) is 15.7. The maximum atomic E-state index is 9.79. The Hall–Kier alpha value is -0.0800. The van der Waals surface area contributed by atoms with Crippen LogP contribution in [0.25, 0.3) is 0 Å². The molecule has 0 spiro atoms. The van der Waals surface area contributed by atoms with E-state index in [9.17, 15) is 5.11 Å². The van der Waals surface area contributed by atoms with Gasteiger partial charge in [-0.15, -0.1) is 0 Å². The molecule has 80 valence electrons. The molecule has 0 saturated carbocycles. The van der Waals surface area contributed by atoms with Crippen LogP contribution in [0.2, 0.25) is 0 Å². The second-order valence-corrected chi connectivity index (χ2v) is 3.85. The summed E-state index contributed by atoms with van der Waals surface area (Å²) in [7, 11) is 0. The van der Waals surface area contributed by atoms with Crippen LogP contribution in [0, 0.1) is 5.92 Å². The second kappa shape index (κ2) is 8.52. The van der Waals surface area contributed by atoms with E-state index in [2.05, 4.69) is 13.8 Å². The zero-order chi connectivity index (χ0) is 10.1. The standard InChI is InChI=1S/C11H25NO/c1-3-5-6-8-11(13)10(9-12)7-4-2/h10-11,13H,3-9,12H2,1-2H3. The third-order valence-electron chi connectivity index (χ3n) is 2.61. The lowest BCUT2D eigenvalue weighted by atomic mass is 9.93. The van der Waals surface area contributed by atoms with E-state index in [1.54, 1.807) is 0 Å². The molecule has 0 aliphatic rings. The average molecular weight is 187 g/mol. The van der Waals surface area contributed by atoms with E-state index < -0.39 is 0 Å². The van der Waals surface area contributed by atoms with Crippen LogP contribution in [0.4, 0.5) is 0 Å². The van der Waals surface area contributed by atoms with Crippen molar-refractivity contribution in [3.05, 3.63) is 0 Å². The lowest BCUT2D eigenvalue weighted by molar-refractivity contribution is 0.0947. The molecule has 2 heteroatoms. The number of hydrogen-bond donors (Lipinski definition) is 2. The molecule has 0 radical (unpaired) electrons. The van der Waals surface area contributed by atoms with Gasteiger partial charge in [-0.3, -0.25) is 0 Å². The van der Waals surface area contributed by atoms with Gasteiger partial charge in [-0.25, -0.2) is 0 Å². The van der Waals surface area contributed by atoms with E-state index in [1.165, 1.54) is 12.8 Å². The minimum absolute atomic E-state index is 0.170. The summed E-state index contributed by atoms with van der Waals surface area (Å²) in [5, 5.41) is 9.79. The van der Waals surface area contributed by atoms with Crippen molar-refractivity contribution in [1.29, 1.82) is 0 Å². The fourth-order valence-corrected chi connectivity index (χ4v) is 1.68. The number of aliphatic hydroxyl groups excluding tert-OH is 1. The van der Waals surface area contributed by atoms with Crippen molar-refractivity contribution in [2.45, 2.75) is 58.5 Å². The lowest BCUT2D eigenvalue weighted by Crippen LogP contribution is -2.27. The van der Waals surface area contributed by atoms with Gasteiger partial charge in [-0.2, -0.15) is 0 Å². The Balaban J connectivity index is 3.57. The summed E-state index contributed by atoms with van der Waals surface area (Å²) in [6.07, 6.45) is 6.51. The van der Waals surface area contributed by atoms with Crippen molar-refractivity contribution in [1.82, 2.24) is 0 Å². The van der Waals surface area contributed by atoms with Gasteiger partial charge >= 0.3 is 0 Å². The van der Waals surface area contributed by atoms with Crippen molar-refractivity contribution in [2.75, 3.05) is 6.54 Å². The highest BCUT2D eigenvalue weighted by Crippen LogP contribution is 2.15. The Labute approximate surface area is 82.5 Å². The van der Waals surface area contributed by atoms with E-state index in [-0.39, 0.29) is 6.10 Å². The molecular formula is C11H25NO. The van der Waals surface area contributed by atoms with Crippen LogP contribution in [0.1, 0.15) is 52.4 Å². The van der Waals surface area contributed by atoms with Crippen LogP contribution < -0.4 is 5.73 Å². The van der Waals surface area contributed by atoms with Crippen molar-refractivity contribution in [3.8, 4) is 0 Å². The predicted octanol–water partition coefficient (Wildman–Crippen LogP) is 2.30. The second-order valence-electron chi connectivity index (χ2n) is 3.85. The van der Waals surface area contributed by atoms with E-state index in [4.69, 9.17) is 5.73 Å². The topological polar surface area (TPSA) is 46.2 Å². The Morgan fingerprint density at radius 1 is 1.08 bits per heavy atom. The molecule has 2 atom stereocenters.